The van der Waals surface area contributed by atoms with Crippen LogP contribution in [0.15, 0.2) is 12.4 Å². The van der Waals surface area contributed by atoms with Gasteiger partial charge in [-0.2, -0.15) is 5.10 Å². The predicted octanol–water partition coefficient (Wildman–Crippen LogP) is 1.36. The summed E-state index contributed by atoms with van der Waals surface area (Å²) in [5, 5.41) is 3.93. The zero-order valence-electron chi connectivity index (χ0n) is 6.83. The monoisotopic (exact) mass is 169 g/mol. The summed E-state index contributed by atoms with van der Waals surface area (Å²) in [5.41, 5.74) is 5.03. The van der Waals surface area contributed by atoms with Crippen molar-refractivity contribution in [2.45, 2.75) is 31.5 Å². The SMILES string of the molecule is Nc1cnn(CC2(F)CCC2)c1. The number of nitrogens with zero attached hydrogens (tertiary/aromatic N) is 2. The Labute approximate surface area is 70.4 Å². The Bertz CT molecular complexity index is 278. The van der Waals surface area contributed by atoms with Gasteiger partial charge in [-0.05, 0) is 19.3 Å². The Morgan fingerprint density at radius 1 is 1.67 bits per heavy atom. The molecule has 2 N–H and O–H groups in total. The minimum atomic E-state index is -1.02. The van der Waals surface area contributed by atoms with Gasteiger partial charge in [0.1, 0.15) is 5.67 Å². The number of halogens is 1. The van der Waals surface area contributed by atoms with Crippen LogP contribution in [0.4, 0.5) is 10.1 Å². The number of nitrogen functional groups attached to an aromatic ring is 1. The average Bonchev–Trinajstić information content (AvgIpc) is 2.32. The van der Waals surface area contributed by atoms with Crippen LogP contribution >= 0.6 is 0 Å². The minimum Gasteiger partial charge on any atom is -0.396 e. The van der Waals surface area contributed by atoms with Crippen LogP contribution in [0.2, 0.25) is 0 Å². The van der Waals surface area contributed by atoms with Crippen molar-refractivity contribution in [1.29, 1.82) is 0 Å². The molecule has 4 heteroatoms. The highest BCUT2D eigenvalue weighted by molar-refractivity contribution is 5.30. The van der Waals surface area contributed by atoms with Crippen molar-refractivity contribution in [2.75, 3.05) is 5.73 Å². The predicted molar refractivity (Wildman–Crippen MR) is 44.3 cm³/mol. The van der Waals surface area contributed by atoms with Gasteiger partial charge in [0.2, 0.25) is 0 Å². The van der Waals surface area contributed by atoms with Gasteiger partial charge in [0.15, 0.2) is 0 Å². The second kappa shape index (κ2) is 2.47. The van der Waals surface area contributed by atoms with E-state index < -0.39 is 5.67 Å². The maximum Gasteiger partial charge on any atom is 0.130 e. The molecule has 1 saturated carbocycles. The van der Waals surface area contributed by atoms with Gasteiger partial charge in [-0.1, -0.05) is 0 Å². The third-order valence-corrected chi connectivity index (χ3v) is 2.35. The van der Waals surface area contributed by atoms with E-state index in [1.54, 1.807) is 17.1 Å². The molecule has 0 saturated heterocycles. The normalized spacial score (nSPS) is 20.4. The maximum atomic E-state index is 13.5. The average molecular weight is 169 g/mol. The van der Waals surface area contributed by atoms with Crippen molar-refractivity contribution in [3.8, 4) is 0 Å². The standard InChI is InChI=1S/C8H12FN3/c9-8(2-1-3-8)6-12-5-7(10)4-11-12/h4-5H,1-3,6,10H2. The molecule has 1 heterocycles. The molecule has 1 aromatic rings. The lowest BCUT2D eigenvalue weighted by Crippen LogP contribution is -2.36. The second-order valence-electron chi connectivity index (χ2n) is 3.48. The van der Waals surface area contributed by atoms with Crippen molar-refractivity contribution in [2.24, 2.45) is 0 Å². The Hall–Kier alpha value is -1.06. The van der Waals surface area contributed by atoms with Gasteiger partial charge in [-0.15, -0.1) is 0 Å². The molecular formula is C8H12FN3. The van der Waals surface area contributed by atoms with Gasteiger partial charge in [-0.25, -0.2) is 4.39 Å². The van der Waals surface area contributed by atoms with Crippen LogP contribution in [0, 0.1) is 0 Å². The molecule has 0 aromatic carbocycles. The van der Waals surface area contributed by atoms with Crippen molar-refractivity contribution in [3.05, 3.63) is 12.4 Å². The number of rotatable bonds is 2. The molecule has 1 aliphatic carbocycles. The van der Waals surface area contributed by atoms with Crippen LogP contribution in [-0.4, -0.2) is 15.4 Å². The van der Waals surface area contributed by atoms with Crippen molar-refractivity contribution >= 4 is 5.69 Å². The molecule has 0 unspecified atom stereocenters. The third-order valence-electron chi connectivity index (χ3n) is 2.35. The number of hydrogen-bond donors (Lipinski definition) is 1. The number of anilines is 1. The second-order valence-corrected chi connectivity index (χ2v) is 3.48. The Morgan fingerprint density at radius 2 is 2.42 bits per heavy atom. The van der Waals surface area contributed by atoms with Gasteiger partial charge in [-0.3, -0.25) is 4.68 Å². The molecule has 1 fully saturated rings. The maximum absolute atomic E-state index is 13.5. The van der Waals surface area contributed by atoms with Crippen LogP contribution in [-0.2, 0) is 6.54 Å². The zero-order valence-corrected chi connectivity index (χ0v) is 6.83. The van der Waals surface area contributed by atoms with Crippen LogP contribution in [0.25, 0.3) is 0 Å². The molecule has 0 amide bonds. The largest absolute Gasteiger partial charge is 0.396 e. The molecule has 1 aliphatic rings. The molecule has 0 spiro atoms. The van der Waals surface area contributed by atoms with E-state index in [1.807, 2.05) is 0 Å². The lowest BCUT2D eigenvalue weighted by atomic mass is 9.82. The van der Waals surface area contributed by atoms with E-state index in [0.29, 0.717) is 25.1 Å². The van der Waals surface area contributed by atoms with Crippen LogP contribution in [0.3, 0.4) is 0 Å². The highest BCUT2D eigenvalue weighted by Gasteiger charge is 2.37. The van der Waals surface area contributed by atoms with E-state index in [9.17, 15) is 4.39 Å². The van der Waals surface area contributed by atoms with E-state index in [2.05, 4.69) is 5.10 Å². The van der Waals surface area contributed by atoms with E-state index in [-0.39, 0.29) is 0 Å². The van der Waals surface area contributed by atoms with Crippen molar-refractivity contribution in [3.63, 3.8) is 0 Å². The number of hydrogen-bond acceptors (Lipinski definition) is 2. The molecule has 66 valence electrons. The first-order valence-corrected chi connectivity index (χ1v) is 4.15. The summed E-state index contributed by atoms with van der Waals surface area (Å²) in [7, 11) is 0. The molecule has 0 atom stereocenters. The van der Waals surface area contributed by atoms with Crippen molar-refractivity contribution in [1.82, 2.24) is 9.78 Å². The Kier molecular flexibility index (Phi) is 1.56. The van der Waals surface area contributed by atoms with Gasteiger partial charge in [0.05, 0.1) is 18.4 Å². The number of nitrogens with two attached hydrogens (primary N) is 1. The summed E-state index contributed by atoms with van der Waals surface area (Å²) in [5.74, 6) is 0. The topological polar surface area (TPSA) is 43.8 Å². The van der Waals surface area contributed by atoms with Crippen molar-refractivity contribution < 1.29 is 4.39 Å². The molecule has 1 aromatic heterocycles. The summed E-state index contributed by atoms with van der Waals surface area (Å²) in [6, 6.07) is 0. The fourth-order valence-corrected chi connectivity index (χ4v) is 1.47. The summed E-state index contributed by atoms with van der Waals surface area (Å²) >= 11 is 0. The minimum absolute atomic E-state index is 0.351. The summed E-state index contributed by atoms with van der Waals surface area (Å²) in [4.78, 5) is 0. The summed E-state index contributed by atoms with van der Waals surface area (Å²) in [6.07, 6.45) is 5.52. The first-order valence-electron chi connectivity index (χ1n) is 4.15. The molecular weight excluding hydrogens is 157 g/mol. The zero-order chi connectivity index (χ0) is 8.60. The van der Waals surface area contributed by atoms with Crippen LogP contribution in [0.5, 0.6) is 0 Å². The van der Waals surface area contributed by atoms with Crippen LogP contribution in [0.1, 0.15) is 19.3 Å². The first-order chi connectivity index (χ1) is 5.68. The van der Waals surface area contributed by atoms with Gasteiger partial charge < -0.3 is 5.73 Å². The molecule has 2 rings (SSSR count). The van der Waals surface area contributed by atoms with E-state index in [0.717, 1.165) is 6.42 Å². The molecule has 12 heavy (non-hydrogen) atoms. The van der Waals surface area contributed by atoms with Gasteiger partial charge in [0, 0.05) is 6.20 Å². The van der Waals surface area contributed by atoms with E-state index >= 15 is 0 Å². The highest BCUT2D eigenvalue weighted by Crippen LogP contribution is 2.36. The Balaban J connectivity index is 2.03. The quantitative estimate of drug-likeness (QED) is 0.726. The Morgan fingerprint density at radius 3 is 2.83 bits per heavy atom. The molecule has 0 radical (unpaired) electrons. The molecule has 3 nitrogen and oxygen atoms in total. The first kappa shape index (κ1) is 7.58. The van der Waals surface area contributed by atoms with Gasteiger partial charge in [0.25, 0.3) is 0 Å². The fraction of sp³-hybridized carbons (Fsp3) is 0.625. The summed E-state index contributed by atoms with van der Waals surface area (Å²) < 4.78 is 15.1. The summed E-state index contributed by atoms with van der Waals surface area (Å²) in [6.45, 7) is 0.351. The third kappa shape index (κ3) is 1.29. The van der Waals surface area contributed by atoms with E-state index in [1.165, 1.54) is 0 Å². The van der Waals surface area contributed by atoms with Gasteiger partial charge >= 0.3 is 0 Å². The fourth-order valence-electron chi connectivity index (χ4n) is 1.47. The molecule has 0 bridgehead atoms. The lowest BCUT2D eigenvalue weighted by molar-refractivity contribution is 0.0405. The van der Waals surface area contributed by atoms with E-state index in [4.69, 9.17) is 5.73 Å². The lowest BCUT2D eigenvalue weighted by Gasteiger charge is -2.33. The molecule has 0 aliphatic heterocycles. The number of aromatic nitrogens is 2. The van der Waals surface area contributed by atoms with Crippen LogP contribution < -0.4 is 5.73 Å². The number of alkyl halides is 1. The smallest absolute Gasteiger partial charge is 0.130 e. The highest BCUT2D eigenvalue weighted by atomic mass is 19.1.